The number of fused-ring (bicyclic) bond motifs is 1. The van der Waals surface area contributed by atoms with Crippen LogP contribution in [0.5, 0.6) is 0 Å². The first-order chi connectivity index (χ1) is 17.1. The number of hydrogen-bond donors (Lipinski definition) is 1. The van der Waals surface area contributed by atoms with Crippen molar-refractivity contribution in [3.8, 4) is 0 Å². The topological polar surface area (TPSA) is 93.1 Å². The van der Waals surface area contributed by atoms with Crippen LogP contribution in [0.25, 0.3) is 0 Å². The van der Waals surface area contributed by atoms with E-state index >= 15 is 0 Å². The largest absolute Gasteiger partial charge is 0.465 e. The summed E-state index contributed by atoms with van der Waals surface area (Å²) in [4.78, 5) is 39.7. The lowest BCUT2D eigenvalue weighted by molar-refractivity contribution is -0.171. The minimum atomic E-state index is -1.37. The summed E-state index contributed by atoms with van der Waals surface area (Å²) in [5.41, 5.74) is 2.05. The zero-order valence-electron chi connectivity index (χ0n) is 21.3. The molecular weight excluding hydrogens is 482 g/mol. The van der Waals surface area contributed by atoms with E-state index in [-0.39, 0.29) is 44.5 Å². The quantitative estimate of drug-likeness (QED) is 0.379. The third-order valence-corrected chi connectivity index (χ3v) is 6.89. The first-order valence-corrected chi connectivity index (χ1v) is 12.6. The molecule has 0 bridgehead atoms. The number of halogens is 1. The van der Waals surface area contributed by atoms with Gasteiger partial charge in [-0.2, -0.15) is 0 Å². The molecule has 0 aromatic heterocycles. The highest BCUT2D eigenvalue weighted by Crippen LogP contribution is 2.40. The number of aliphatic hydroxyl groups excluding tert-OH is 1. The number of carbonyl (C=O) groups excluding carboxylic acids is 3. The fourth-order valence-corrected chi connectivity index (χ4v) is 5.04. The summed E-state index contributed by atoms with van der Waals surface area (Å²) in [5, 5.41) is 11.2. The van der Waals surface area contributed by atoms with Gasteiger partial charge in [0.1, 0.15) is 0 Å². The Morgan fingerprint density at radius 1 is 1.03 bits per heavy atom. The van der Waals surface area contributed by atoms with E-state index in [4.69, 9.17) is 21.1 Å². The third-order valence-electron chi connectivity index (χ3n) is 6.66. The summed E-state index contributed by atoms with van der Waals surface area (Å²) in [6, 6.07) is 12.6. The zero-order valence-corrected chi connectivity index (χ0v) is 22.0. The molecule has 3 rings (SSSR count). The summed E-state index contributed by atoms with van der Waals surface area (Å²) in [7, 11) is 0. The first kappa shape index (κ1) is 27.7. The monoisotopic (exact) mass is 515 g/mol. The summed E-state index contributed by atoms with van der Waals surface area (Å²) < 4.78 is 10.5. The summed E-state index contributed by atoms with van der Waals surface area (Å²) >= 11 is 6.05. The van der Waals surface area contributed by atoms with Gasteiger partial charge in [0, 0.05) is 18.0 Å². The Morgan fingerprint density at radius 2 is 1.67 bits per heavy atom. The van der Waals surface area contributed by atoms with Crippen LogP contribution in [0.4, 0.5) is 0 Å². The van der Waals surface area contributed by atoms with Gasteiger partial charge < -0.3 is 19.5 Å². The van der Waals surface area contributed by atoms with E-state index in [1.165, 1.54) is 6.92 Å². The van der Waals surface area contributed by atoms with E-state index < -0.39 is 23.5 Å². The number of amides is 1. The van der Waals surface area contributed by atoms with Gasteiger partial charge >= 0.3 is 11.9 Å². The standard InChI is InChI=1S/C28H34ClNO6/c1-5-35-26(33)28(27(34)36-6-2)15-22-11-10-20(13-23(22)16-28)12-18(3)30(19(4)31)17-25(32)21-8-7-9-24(29)14-21/h7-11,13-14,18,25,32H,5-6,12,15-17H2,1-4H3/t18-,25-/m0/s1. The molecule has 0 spiro atoms. The Hall–Kier alpha value is -2.90. The third kappa shape index (κ3) is 6.08. The molecule has 0 fully saturated rings. The predicted molar refractivity (Wildman–Crippen MR) is 137 cm³/mol. The van der Waals surface area contributed by atoms with Crippen molar-refractivity contribution in [2.24, 2.45) is 5.41 Å². The molecule has 1 N–H and O–H groups in total. The van der Waals surface area contributed by atoms with Crippen LogP contribution in [0.1, 0.15) is 56.1 Å². The van der Waals surface area contributed by atoms with Crippen LogP contribution in [0, 0.1) is 5.41 Å². The summed E-state index contributed by atoms with van der Waals surface area (Å²) in [6.45, 7) is 7.33. The van der Waals surface area contributed by atoms with Crippen LogP contribution >= 0.6 is 11.6 Å². The van der Waals surface area contributed by atoms with E-state index in [0.717, 1.165) is 16.7 Å². The molecule has 1 amide bonds. The van der Waals surface area contributed by atoms with Crippen molar-refractivity contribution in [3.63, 3.8) is 0 Å². The van der Waals surface area contributed by atoms with Crippen LogP contribution in [0.3, 0.4) is 0 Å². The van der Waals surface area contributed by atoms with Crippen LogP contribution in [0.15, 0.2) is 42.5 Å². The molecule has 0 saturated heterocycles. The maximum atomic E-state index is 12.8. The van der Waals surface area contributed by atoms with Crippen LogP contribution in [-0.2, 0) is 43.1 Å². The lowest BCUT2D eigenvalue weighted by Gasteiger charge is -2.30. The van der Waals surface area contributed by atoms with Gasteiger partial charge in [-0.25, -0.2) is 0 Å². The Bertz CT molecular complexity index is 1100. The predicted octanol–water partition coefficient (Wildman–Crippen LogP) is 4.06. The van der Waals surface area contributed by atoms with Crippen molar-refractivity contribution in [3.05, 3.63) is 69.7 Å². The lowest BCUT2D eigenvalue weighted by atomic mass is 9.84. The minimum Gasteiger partial charge on any atom is -0.465 e. The number of nitrogens with zero attached hydrogens (tertiary/aromatic N) is 1. The molecule has 2 aromatic rings. The fraction of sp³-hybridized carbons (Fsp3) is 0.464. The molecule has 0 aliphatic heterocycles. The number of benzene rings is 2. The maximum Gasteiger partial charge on any atom is 0.324 e. The van der Waals surface area contributed by atoms with Crippen LogP contribution in [0.2, 0.25) is 5.02 Å². The molecule has 8 heteroatoms. The minimum absolute atomic E-state index is 0.136. The molecular formula is C28H34ClNO6. The van der Waals surface area contributed by atoms with E-state index in [9.17, 15) is 19.5 Å². The summed E-state index contributed by atoms with van der Waals surface area (Å²) in [6.07, 6.45) is 0.124. The van der Waals surface area contributed by atoms with Gasteiger partial charge in [0.2, 0.25) is 5.91 Å². The van der Waals surface area contributed by atoms with E-state index in [1.54, 1.807) is 43.0 Å². The van der Waals surface area contributed by atoms with Crippen molar-refractivity contribution in [1.82, 2.24) is 4.90 Å². The highest BCUT2D eigenvalue weighted by Gasteiger charge is 2.53. The molecule has 0 saturated carbocycles. The van der Waals surface area contributed by atoms with Gasteiger partial charge in [-0.05, 0) is 74.4 Å². The average molecular weight is 516 g/mol. The van der Waals surface area contributed by atoms with Crippen molar-refractivity contribution < 1.29 is 29.0 Å². The molecule has 2 atom stereocenters. The SMILES string of the molecule is CCOC(=O)C1(C(=O)OCC)Cc2ccc(C[C@H](C)N(C[C@H](O)c3cccc(Cl)c3)C(C)=O)cc2C1. The molecule has 7 nitrogen and oxygen atoms in total. The highest BCUT2D eigenvalue weighted by molar-refractivity contribution is 6.30. The lowest BCUT2D eigenvalue weighted by Crippen LogP contribution is -2.43. The van der Waals surface area contributed by atoms with Crippen molar-refractivity contribution in [1.29, 1.82) is 0 Å². The highest BCUT2D eigenvalue weighted by atomic mass is 35.5. The number of esters is 2. The Morgan fingerprint density at radius 3 is 2.25 bits per heavy atom. The number of hydrogen-bond acceptors (Lipinski definition) is 6. The molecule has 0 unspecified atom stereocenters. The maximum absolute atomic E-state index is 12.8. The van der Waals surface area contributed by atoms with Gasteiger partial charge in [0.15, 0.2) is 5.41 Å². The van der Waals surface area contributed by atoms with E-state index in [2.05, 4.69) is 0 Å². The number of rotatable bonds is 10. The van der Waals surface area contributed by atoms with Gasteiger partial charge in [0.05, 0.1) is 25.9 Å². The van der Waals surface area contributed by atoms with Gasteiger partial charge in [-0.3, -0.25) is 14.4 Å². The van der Waals surface area contributed by atoms with Gasteiger partial charge in [-0.1, -0.05) is 41.9 Å². The first-order valence-electron chi connectivity index (χ1n) is 12.3. The number of ether oxygens (including phenoxy) is 2. The van der Waals surface area contributed by atoms with E-state index in [1.807, 2.05) is 25.1 Å². The number of carbonyl (C=O) groups is 3. The molecule has 2 aromatic carbocycles. The average Bonchev–Trinajstić information content (AvgIpc) is 3.22. The van der Waals surface area contributed by atoms with Crippen molar-refractivity contribution >= 4 is 29.4 Å². The molecule has 0 heterocycles. The van der Waals surface area contributed by atoms with Crippen molar-refractivity contribution in [2.75, 3.05) is 19.8 Å². The number of aliphatic hydroxyl groups is 1. The normalized spacial score (nSPS) is 15.5. The van der Waals surface area contributed by atoms with E-state index in [0.29, 0.717) is 17.0 Å². The molecule has 1 aliphatic carbocycles. The second kappa shape index (κ2) is 11.9. The zero-order chi connectivity index (χ0) is 26.5. The van der Waals surface area contributed by atoms with Crippen LogP contribution in [-0.4, -0.2) is 53.7 Å². The fourth-order valence-electron chi connectivity index (χ4n) is 4.84. The Labute approximate surface area is 217 Å². The Kier molecular flexibility index (Phi) is 9.14. The Balaban J connectivity index is 1.77. The molecule has 36 heavy (non-hydrogen) atoms. The van der Waals surface area contributed by atoms with Crippen molar-refractivity contribution in [2.45, 2.75) is 59.1 Å². The molecule has 1 aliphatic rings. The second-order valence-electron chi connectivity index (χ2n) is 9.27. The van der Waals surface area contributed by atoms with Gasteiger partial charge in [0.25, 0.3) is 0 Å². The molecule has 194 valence electrons. The van der Waals surface area contributed by atoms with Gasteiger partial charge in [-0.15, -0.1) is 0 Å². The second-order valence-corrected chi connectivity index (χ2v) is 9.71. The summed E-state index contributed by atoms with van der Waals surface area (Å²) in [5.74, 6) is -1.27. The van der Waals surface area contributed by atoms with Crippen LogP contribution < -0.4 is 0 Å². The smallest absolute Gasteiger partial charge is 0.324 e. The molecule has 0 radical (unpaired) electrons.